The average molecular weight is 289 g/mol. The van der Waals surface area contributed by atoms with Crippen LogP contribution in [0.5, 0.6) is 0 Å². The second-order valence-electron chi connectivity index (χ2n) is 4.32. The lowest BCUT2D eigenvalue weighted by Crippen LogP contribution is -2.30. The predicted octanol–water partition coefficient (Wildman–Crippen LogP) is 0.796. The second-order valence-corrected chi connectivity index (χ2v) is 4.32. The van der Waals surface area contributed by atoms with E-state index < -0.39 is 5.97 Å². The van der Waals surface area contributed by atoms with Crippen molar-refractivity contribution >= 4 is 17.7 Å². The Bertz CT molecular complexity index is 595. The highest BCUT2D eigenvalue weighted by Gasteiger charge is 2.04. The predicted molar refractivity (Wildman–Crippen MR) is 74.9 cm³/mol. The summed E-state index contributed by atoms with van der Waals surface area (Å²) >= 11 is 0. The van der Waals surface area contributed by atoms with Crippen LogP contribution < -0.4 is 10.6 Å². The molecule has 2 rings (SSSR count). The molecule has 0 bridgehead atoms. The van der Waals surface area contributed by atoms with Crippen molar-refractivity contribution < 1.29 is 14.7 Å². The van der Waals surface area contributed by atoms with Crippen molar-refractivity contribution in [1.82, 2.24) is 20.3 Å². The first-order valence-corrected chi connectivity index (χ1v) is 6.32. The van der Waals surface area contributed by atoms with Crippen molar-refractivity contribution in [2.75, 3.05) is 11.9 Å². The van der Waals surface area contributed by atoms with Gasteiger partial charge in [-0.1, -0.05) is 0 Å². The maximum atomic E-state index is 11.6. The van der Waals surface area contributed by atoms with Crippen LogP contribution in [0.4, 0.5) is 10.5 Å². The zero-order valence-corrected chi connectivity index (χ0v) is 11.2. The summed E-state index contributed by atoms with van der Waals surface area (Å²) in [6.07, 6.45) is 5.22. The molecule has 2 amide bonds. The zero-order chi connectivity index (χ0) is 15.1. The maximum absolute atomic E-state index is 11.6. The molecule has 0 aliphatic carbocycles. The first-order chi connectivity index (χ1) is 10.1. The van der Waals surface area contributed by atoms with E-state index >= 15 is 0 Å². The molecule has 0 aromatic carbocycles. The van der Waals surface area contributed by atoms with Crippen LogP contribution in [0.2, 0.25) is 0 Å². The zero-order valence-electron chi connectivity index (χ0n) is 11.2. The van der Waals surface area contributed by atoms with Crippen molar-refractivity contribution in [3.8, 4) is 0 Å². The number of aliphatic carboxylic acids is 1. The summed E-state index contributed by atoms with van der Waals surface area (Å²) in [7, 11) is 0. The van der Waals surface area contributed by atoms with E-state index in [1.54, 1.807) is 24.7 Å². The number of aromatic amines is 1. The number of carboxylic acid groups (broad SMARTS) is 1. The molecule has 0 atom stereocenters. The summed E-state index contributed by atoms with van der Waals surface area (Å²) in [4.78, 5) is 32.9. The largest absolute Gasteiger partial charge is 0.481 e. The van der Waals surface area contributed by atoms with E-state index in [4.69, 9.17) is 5.11 Å². The van der Waals surface area contributed by atoms with Crippen LogP contribution in [-0.2, 0) is 17.6 Å². The van der Waals surface area contributed by atoms with E-state index in [1.165, 1.54) is 6.20 Å². The van der Waals surface area contributed by atoms with E-state index in [9.17, 15) is 9.59 Å². The second kappa shape index (κ2) is 7.04. The van der Waals surface area contributed by atoms with E-state index in [1.807, 2.05) is 0 Å². The number of aromatic nitrogens is 3. The molecule has 2 aromatic heterocycles. The summed E-state index contributed by atoms with van der Waals surface area (Å²) in [5.74, 6) is -0.945. The molecule has 8 nitrogen and oxygen atoms in total. The van der Waals surface area contributed by atoms with Crippen molar-refractivity contribution in [1.29, 1.82) is 0 Å². The highest BCUT2D eigenvalue weighted by molar-refractivity contribution is 5.89. The van der Waals surface area contributed by atoms with Crippen molar-refractivity contribution in [2.24, 2.45) is 0 Å². The third-order valence-electron chi connectivity index (χ3n) is 2.65. The van der Waals surface area contributed by atoms with Crippen molar-refractivity contribution in [3.63, 3.8) is 0 Å². The molecule has 8 heteroatoms. The van der Waals surface area contributed by atoms with Crippen LogP contribution in [0.1, 0.15) is 11.4 Å². The Labute approximate surface area is 120 Å². The molecule has 0 aliphatic rings. The normalized spacial score (nSPS) is 10.1. The van der Waals surface area contributed by atoms with Gasteiger partial charge in [0.05, 0.1) is 30.3 Å². The Morgan fingerprint density at radius 1 is 1.29 bits per heavy atom. The van der Waals surface area contributed by atoms with Gasteiger partial charge in [-0.15, -0.1) is 0 Å². The molecule has 2 aromatic rings. The Morgan fingerprint density at radius 3 is 2.76 bits per heavy atom. The smallest absolute Gasteiger partial charge is 0.319 e. The molecular formula is C13H15N5O3. The van der Waals surface area contributed by atoms with Gasteiger partial charge in [0, 0.05) is 24.9 Å². The van der Waals surface area contributed by atoms with Crippen LogP contribution in [-0.4, -0.2) is 38.6 Å². The summed E-state index contributed by atoms with van der Waals surface area (Å²) in [6, 6.07) is 2.83. The number of pyridine rings is 1. The molecule has 0 unspecified atom stereocenters. The lowest BCUT2D eigenvalue weighted by atomic mass is 10.2. The van der Waals surface area contributed by atoms with Gasteiger partial charge in [-0.05, 0) is 12.1 Å². The number of amides is 2. The minimum Gasteiger partial charge on any atom is -0.481 e. The Balaban J connectivity index is 1.75. The van der Waals surface area contributed by atoms with E-state index in [0.717, 1.165) is 5.69 Å². The Kier molecular flexibility index (Phi) is 4.86. The summed E-state index contributed by atoms with van der Waals surface area (Å²) in [5.41, 5.74) is 1.88. The minimum absolute atomic E-state index is 0.142. The minimum atomic E-state index is -0.945. The summed E-state index contributed by atoms with van der Waals surface area (Å²) in [6.45, 7) is 0.471. The van der Waals surface area contributed by atoms with Gasteiger partial charge in [0.2, 0.25) is 0 Å². The third kappa shape index (κ3) is 4.94. The quantitative estimate of drug-likeness (QED) is 0.627. The highest BCUT2D eigenvalue weighted by Crippen LogP contribution is 2.06. The Morgan fingerprint density at radius 2 is 2.14 bits per heavy atom. The molecule has 110 valence electrons. The number of rotatable bonds is 6. The van der Waals surface area contributed by atoms with Crippen LogP contribution in [0.3, 0.4) is 0 Å². The number of urea groups is 1. The van der Waals surface area contributed by atoms with Gasteiger partial charge in [0.1, 0.15) is 0 Å². The first kappa shape index (κ1) is 14.5. The van der Waals surface area contributed by atoms with Gasteiger partial charge in [-0.3, -0.25) is 9.78 Å². The average Bonchev–Trinajstić information content (AvgIpc) is 2.93. The van der Waals surface area contributed by atoms with Crippen molar-refractivity contribution in [2.45, 2.75) is 12.8 Å². The fraction of sp³-hybridized carbons (Fsp3) is 0.231. The van der Waals surface area contributed by atoms with Crippen molar-refractivity contribution in [3.05, 3.63) is 42.2 Å². The van der Waals surface area contributed by atoms with Gasteiger partial charge in [-0.25, -0.2) is 9.78 Å². The van der Waals surface area contributed by atoms with Gasteiger partial charge < -0.3 is 20.7 Å². The molecule has 0 spiro atoms. The first-order valence-electron chi connectivity index (χ1n) is 6.32. The fourth-order valence-electron chi connectivity index (χ4n) is 1.67. The van der Waals surface area contributed by atoms with Gasteiger partial charge in [0.15, 0.2) is 0 Å². The number of H-pyrrole nitrogens is 1. The highest BCUT2D eigenvalue weighted by atomic mass is 16.4. The van der Waals surface area contributed by atoms with Gasteiger partial charge in [-0.2, -0.15) is 0 Å². The van der Waals surface area contributed by atoms with E-state index in [0.29, 0.717) is 24.3 Å². The fourth-order valence-corrected chi connectivity index (χ4v) is 1.67. The number of nitrogens with zero attached hydrogens (tertiary/aromatic N) is 2. The molecular weight excluding hydrogens is 274 g/mol. The molecule has 0 fully saturated rings. The molecule has 2 heterocycles. The van der Waals surface area contributed by atoms with Crippen LogP contribution in [0.15, 0.2) is 30.9 Å². The summed E-state index contributed by atoms with van der Waals surface area (Å²) in [5, 5.41) is 13.9. The number of nitrogens with one attached hydrogen (secondary N) is 3. The number of hydrogen-bond acceptors (Lipinski definition) is 4. The lowest BCUT2D eigenvalue weighted by Gasteiger charge is -2.07. The third-order valence-corrected chi connectivity index (χ3v) is 2.65. The van der Waals surface area contributed by atoms with Gasteiger partial charge >= 0.3 is 12.0 Å². The topological polar surface area (TPSA) is 120 Å². The number of imidazole rings is 1. The van der Waals surface area contributed by atoms with Crippen LogP contribution in [0.25, 0.3) is 0 Å². The molecule has 21 heavy (non-hydrogen) atoms. The number of carbonyl (C=O) groups is 2. The molecule has 4 N–H and O–H groups in total. The standard InChI is InChI=1S/C13H15N5O3/c19-12(20)5-9-1-2-11(7-16-9)18-13(21)15-4-3-10-6-14-8-17-10/h1-2,6-8H,3-5H2,(H,14,17)(H,19,20)(H2,15,18,21). The van der Waals surface area contributed by atoms with E-state index in [2.05, 4.69) is 25.6 Å². The Hall–Kier alpha value is -2.90. The molecule has 0 saturated heterocycles. The number of carboxylic acids is 1. The maximum Gasteiger partial charge on any atom is 0.319 e. The molecule has 0 radical (unpaired) electrons. The molecule has 0 saturated carbocycles. The van der Waals surface area contributed by atoms with Crippen LogP contribution >= 0.6 is 0 Å². The monoisotopic (exact) mass is 289 g/mol. The summed E-state index contributed by atoms with van der Waals surface area (Å²) < 4.78 is 0. The van der Waals surface area contributed by atoms with Gasteiger partial charge in [0.25, 0.3) is 0 Å². The SMILES string of the molecule is O=C(O)Cc1ccc(NC(=O)NCCc2cnc[nH]2)cn1. The molecule has 0 aliphatic heterocycles. The number of anilines is 1. The van der Waals surface area contributed by atoms with Crippen LogP contribution in [0, 0.1) is 0 Å². The lowest BCUT2D eigenvalue weighted by molar-refractivity contribution is -0.136. The van der Waals surface area contributed by atoms with E-state index in [-0.39, 0.29) is 12.5 Å². The number of carbonyl (C=O) groups excluding carboxylic acids is 1. The number of hydrogen-bond donors (Lipinski definition) is 4.